The lowest BCUT2D eigenvalue weighted by Gasteiger charge is -2.01. The lowest BCUT2D eigenvalue weighted by atomic mass is 10.2. The van der Waals surface area contributed by atoms with Crippen LogP contribution in [-0.2, 0) is 11.3 Å². The molecule has 0 spiro atoms. The quantitative estimate of drug-likeness (QED) is 0.339. The van der Waals surface area contributed by atoms with Crippen LogP contribution in [0.5, 0.6) is 0 Å². The van der Waals surface area contributed by atoms with Gasteiger partial charge in [-0.15, -0.1) is 11.3 Å². The van der Waals surface area contributed by atoms with Crippen molar-refractivity contribution in [1.29, 1.82) is 0 Å². The maximum absolute atomic E-state index is 12.5. The standard InChI is InChI=1S/C24H19N5O2S/c30-22(25-18-9-10-19-20(13-18)27-24(31)26-19)11-8-17-15-29(14-16-5-2-1-3-6-16)28-23(17)21-7-4-12-32-21/h1-13,15H,14H2,(H,25,30)(H2,26,27,31)/b11-8+. The van der Waals surface area contributed by atoms with E-state index in [4.69, 9.17) is 5.10 Å². The fourth-order valence-electron chi connectivity index (χ4n) is 3.47. The number of imidazole rings is 1. The molecule has 0 atom stereocenters. The number of rotatable bonds is 6. The summed E-state index contributed by atoms with van der Waals surface area (Å²) in [6, 6.07) is 19.3. The Kier molecular flexibility index (Phi) is 5.27. The number of hydrogen-bond acceptors (Lipinski definition) is 4. The number of anilines is 1. The van der Waals surface area contributed by atoms with Crippen molar-refractivity contribution in [3.05, 3.63) is 99.9 Å². The van der Waals surface area contributed by atoms with Crippen LogP contribution in [0.15, 0.2) is 83.1 Å². The average molecular weight is 442 g/mol. The number of carbonyl (C=O) groups is 1. The molecule has 7 nitrogen and oxygen atoms in total. The number of amides is 1. The summed E-state index contributed by atoms with van der Waals surface area (Å²) in [5, 5.41) is 9.59. The van der Waals surface area contributed by atoms with Crippen molar-refractivity contribution in [3.8, 4) is 10.6 Å². The van der Waals surface area contributed by atoms with E-state index in [2.05, 4.69) is 27.4 Å². The summed E-state index contributed by atoms with van der Waals surface area (Å²) in [5.41, 5.74) is 4.50. The Bertz CT molecular complexity index is 1460. The molecule has 32 heavy (non-hydrogen) atoms. The molecule has 1 amide bonds. The Hall–Kier alpha value is -4.17. The van der Waals surface area contributed by atoms with Crippen molar-refractivity contribution in [3.63, 3.8) is 0 Å². The molecule has 0 fully saturated rings. The summed E-state index contributed by atoms with van der Waals surface area (Å²) in [7, 11) is 0. The van der Waals surface area contributed by atoms with Crippen LogP contribution in [-0.4, -0.2) is 25.7 Å². The molecule has 0 aliphatic carbocycles. The number of carbonyl (C=O) groups excluding carboxylic acids is 1. The molecule has 0 saturated carbocycles. The van der Waals surface area contributed by atoms with Crippen molar-refractivity contribution in [2.75, 3.05) is 5.32 Å². The number of nitrogens with zero attached hydrogens (tertiary/aromatic N) is 2. The Balaban J connectivity index is 1.37. The van der Waals surface area contributed by atoms with Crippen LogP contribution in [0, 0.1) is 0 Å². The van der Waals surface area contributed by atoms with E-state index in [0.717, 1.165) is 21.7 Å². The topological polar surface area (TPSA) is 95.6 Å². The van der Waals surface area contributed by atoms with Crippen LogP contribution in [0.3, 0.4) is 0 Å². The Morgan fingerprint density at radius 2 is 1.91 bits per heavy atom. The molecular formula is C24H19N5O2S. The summed E-state index contributed by atoms with van der Waals surface area (Å²) >= 11 is 1.61. The van der Waals surface area contributed by atoms with Crippen LogP contribution < -0.4 is 11.0 Å². The third kappa shape index (κ3) is 4.30. The number of hydrogen-bond donors (Lipinski definition) is 3. The first-order chi connectivity index (χ1) is 15.6. The van der Waals surface area contributed by atoms with Crippen LogP contribution in [0.25, 0.3) is 27.7 Å². The van der Waals surface area contributed by atoms with Gasteiger partial charge in [0.05, 0.1) is 22.5 Å². The molecule has 0 saturated heterocycles. The molecule has 0 bridgehead atoms. The van der Waals surface area contributed by atoms with E-state index in [0.29, 0.717) is 23.3 Å². The first-order valence-electron chi connectivity index (χ1n) is 10.0. The van der Waals surface area contributed by atoms with E-state index in [-0.39, 0.29) is 11.6 Å². The predicted octanol–water partition coefficient (Wildman–Crippen LogP) is 4.48. The maximum atomic E-state index is 12.5. The Morgan fingerprint density at radius 1 is 1.06 bits per heavy atom. The number of H-pyrrole nitrogens is 2. The minimum absolute atomic E-state index is 0.268. The zero-order valence-electron chi connectivity index (χ0n) is 16.9. The fraction of sp³-hybridized carbons (Fsp3) is 0.0417. The maximum Gasteiger partial charge on any atom is 0.323 e. The number of aromatic nitrogens is 4. The van der Waals surface area contributed by atoms with Gasteiger partial charge in [-0.05, 0) is 41.3 Å². The van der Waals surface area contributed by atoms with E-state index >= 15 is 0 Å². The molecule has 0 unspecified atom stereocenters. The molecular weight excluding hydrogens is 422 g/mol. The van der Waals surface area contributed by atoms with Crippen molar-refractivity contribution in [1.82, 2.24) is 19.7 Å². The van der Waals surface area contributed by atoms with Gasteiger partial charge in [0, 0.05) is 23.5 Å². The van der Waals surface area contributed by atoms with Crippen LogP contribution in [0.4, 0.5) is 5.69 Å². The highest BCUT2D eigenvalue weighted by Gasteiger charge is 2.11. The molecule has 2 aromatic carbocycles. The van der Waals surface area contributed by atoms with Gasteiger partial charge in [-0.25, -0.2) is 4.79 Å². The van der Waals surface area contributed by atoms with Gasteiger partial charge in [-0.2, -0.15) is 5.10 Å². The summed E-state index contributed by atoms with van der Waals surface area (Å²) in [4.78, 5) is 30.3. The zero-order chi connectivity index (χ0) is 21.9. The van der Waals surface area contributed by atoms with Gasteiger partial charge in [0.15, 0.2) is 0 Å². The fourth-order valence-corrected chi connectivity index (χ4v) is 4.21. The van der Waals surface area contributed by atoms with Crippen molar-refractivity contribution < 1.29 is 4.79 Å². The summed E-state index contributed by atoms with van der Waals surface area (Å²) in [5.74, 6) is -0.268. The van der Waals surface area contributed by atoms with Crippen molar-refractivity contribution in [2.24, 2.45) is 0 Å². The zero-order valence-corrected chi connectivity index (χ0v) is 17.7. The molecule has 8 heteroatoms. The number of thiophene rings is 1. The average Bonchev–Trinajstić information content (AvgIpc) is 3.52. The smallest absolute Gasteiger partial charge is 0.322 e. The third-order valence-corrected chi connectivity index (χ3v) is 5.81. The Labute approximate surface area is 187 Å². The SMILES string of the molecule is O=C(/C=C/c1cn(Cc2ccccc2)nc1-c1cccs1)Nc1ccc2[nH]c(=O)[nH]c2c1. The second-order valence-electron chi connectivity index (χ2n) is 7.26. The number of aromatic amines is 2. The highest BCUT2D eigenvalue weighted by atomic mass is 32.1. The second kappa shape index (κ2) is 8.52. The van der Waals surface area contributed by atoms with Gasteiger partial charge in [0.2, 0.25) is 5.91 Å². The van der Waals surface area contributed by atoms with E-state index in [9.17, 15) is 9.59 Å². The second-order valence-corrected chi connectivity index (χ2v) is 8.20. The highest BCUT2D eigenvalue weighted by molar-refractivity contribution is 7.13. The first kappa shape index (κ1) is 19.8. The van der Waals surface area contributed by atoms with Crippen LogP contribution >= 0.6 is 11.3 Å². The molecule has 5 aromatic rings. The molecule has 0 aliphatic rings. The van der Waals surface area contributed by atoms with Gasteiger partial charge >= 0.3 is 5.69 Å². The highest BCUT2D eigenvalue weighted by Crippen LogP contribution is 2.28. The van der Waals surface area contributed by atoms with Gasteiger partial charge in [-0.3, -0.25) is 9.48 Å². The summed E-state index contributed by atoms with van der Waals surface area (Å²) in [6.45, 7) is 0.647. The van der Waals surface area contributed by atoms with E-state index in [1.54, 1.807) is 35.6 Å². The van der Waals surface area contributed by atoms with Gasteiger partial charge in [0.1, 0.15) is 5.69 Å². The Morgan fingerprint density at radius 3 is 2.72 bits per heavy atom. The van der Waals surface area contributed by atoms with E-state index < -0.39 is 0 Å². The third-order valence-electron chi connectivity index (χ3n) is 4.93. The largest absolute Gasteiger partial charge is 0.323 e. The normalized spacial score (nSPS) is 11.4. The monoisotopic (exact) mass is 441 g/mol. The van der Waals surface area contributed by atoms with Gasteiger partial charge in [-0.1, -0.05) is 36.4 Å². The van der Waals surface area contributed by atoms with Crippen LogP contribution in [0.2, 0.25) is 0 Å². The molecule has 3 N–H and O–H groups in total. The lowest BCUT2D eigenvalue weighted by Crippen LogP contribution is -2.07. The van der Waals surface area contributed by atoms with Gasteiger partial charge < -0.3 is 15.3 Å². The number of benzene rings is 2. The lowest BCUT2D eigenvalue weighted by molar-refractivity contribution is -0.111. The van der Waals surface area contributed by atoms with E-state index in [1.165, 1.54) is 6.08 Å². The molecule has 5 rings (SSSR count). The van der Waals surface area contributed by atoms with E-state index in [1.807, 2.05) is 46.6 Å². The van der Waals surface area contributed by atoms with Crippen LogP contribution in [0.1, 0.15) is 11.1 Å². The summed E-state index contributed by atoms with van der Waals surface area (Å²) < 4.78 is 1.89. The minimum Gasteiger partial charge on any atom is -0.322 e. The number of nitrogens with one attached hydrogen (secondary N) is 3. The molecule has 3 heterocycles. The first-order valence-corrected chi connectivity index (χ1v) is 10.9. The molecule has 3 aromatic heterocycles. The molecule has 0 aliphatic heterocycles. The van der Waals surface area contributed by atoms with Crippen molar-refractivity contribution >= 4 is 40.0 Å². The predicted molar refractivity (Wildman–Crippen MR) is 128 cm³/mol. The number of fused-ring (bicyclic) bond motifs is 1. The van der Waals surface area contributed by atoms with Gasteiger partial charge in [0.25, 0.3) is 0 Å². The minimum atomic E-state index is -0.281. The molecule has 0 radical (unpaired) electrons. The summed E-state index contributed by atoms with van der Waals surface area (Å²) in [6.07, 6.45) is 5.21. The molecule has 158 valence electrons. The van der Waals surface area contributed by atoms with Crippen molar-refractivity contribution in [2.45, 2.75) is 6.54 Å².